The molecular formula is C22H23N5O4. The second-order valence-corrected chi connectivity index (χ2v) is 6.30. The van der Waals surface area contributed by atoms with Crippen molar-refractivity contribution in [2.45, 2.75) is 13.8 Å². The molecule has 0 aliphatic carbocycles. The fourth-order valence-electron chi connectivity index (χ4n) is 2.78. The topological polar surface area (TPSA) is 128 Å². The van der Waals surface area contributed by atoms with E-state index in [2.05, 4.69) is 20.6 Å². The minimum absolute atomic E-state index is 0.239. The molecule has 1 heterocycles. The first-order valence-electron chi connectivity index (χ1n) is 9.71. The van der Waals surface area contributed by atoms with Gasteiger partial charge in [0.15, 0.2) is 11.6 Å². The molecule has 0 fully saturated rings. The lowest BCUT2D eigenvalue weighted by Gasteiger charge is -2.14. The molecule has 3 aromatic rings. The molecule has 0 amide bonds. The number of rotatable bonds is 8. The number of nitrogens with zero attached hydrogens (tertiary/aromatic N) is 2. The summed E-state index contributed by atoms with van der Waals surface area (Å²) in [5, 5.41) is 6.14. The number of carbonyl (C=O) groups is 2. The average molecular weight is 421 g/mol. The molecular weight excluding hydrogens is 398 g/mol. The van der Waals surface area contributed by atoms with E-state index in [1.165, 1.54) is 6.33 Å². The minimum atomic E-state index is -0.452. The van der Waals surface area contributed by atoms with Gasteiger partial charge in [0.2, 0.25) is 0 Å². The Bertz CT molecular complexity index is 1090. The minimum Gasteiger partial charge on any atom is -0.462 e. The average Bonchev–Trinajstić information content (AvgIpc) is 2.77. The Balaban J connectivity index is 1.85. The van der Waals surface area contributed by atoms with E-state index in [-0.39, 0.29) is 18.9 Å². The molecule has 0 bridgehead atoms. The third kappa shape index (κ3) is 5.27. The van der Waals surface area contributed by atoms with Crippen LogP contribution in [0.25, 0.3) is 0 Å². The second kappa shape index (κ2) is 10.1. The van der Waals surface area contributed by atoms with E-state index in [4.69, 9.17) is 15.2 Å². The van der Waals surface area contributed by atoms with Crippen LogP contribution in [0.4, 0.5) is 28.7 Å². The molecule has 9 nitrogen and oxygen atoms in total. The monoisotopic (exact) mass is 421 g/mol. The highest BCUT2D eigenvalue weighted by Gasteiger charge is 2.15. The summed E-state index contributed by atoms with van der Waals surface area (Å²) in [4.78, 5) is 32.5. The van der Waals surface area contributed by atoms with E-state index in [9.17, 15) is 9.59 Å². The molecule has 2 aromatic carbocycles. The zero-order valence-electron chi connectivity index (χ0n) is 17.2. The highest BCUT2D eigenvalue weighted by Crippen LogP contribution is 2.29. The summed E-state index contributed by atoms with van der Waals surface area (Å²) in [6.45, 7) is 4.04. The van der Waals surface area contributed by atoms with E-state index in [1.807, 2.05) is 0 Å². The van der Waals surface area contributed by atoms with Gasteiger partial charge in [-0.3, -0.25) is 0 Å². The van der Waals surface area contributed by atoms with Crippen LogP contribution in [0.3, 0.4) is 0 Å². The highest BCUT2D eigenvalue weighted by molar-refractivity contribution is 5.97. The van der Waals surface area contributed by atoms with Gasteiger partial charge >= 0.3 is 11.9 Å². The first-order valence-corrected chi connectivity index (χ1v) is 9.71. The molecule has 0 saturated carbocycles. The lowest BCUT2D eigenvalue weighted by Crippen LogP contribution is -2.10. The van der Waals surface area contributed by atoms with Gasteiger partial charge in [-0.15, -0.1) is 0 Å². The third-order valence-corrected chi connectivity index (χ3v) is 4.20. The van der Waals surface area contributed by atoms with Crippen LogP contribution in [0, 0.1) is 0 Å². The van der Waals surface area contributed by atoms with E-state index in [1.54, 1.807) is 62.4 Å². The van der Waals surface area contributed by atoms with Crippen LogP contribution in [0.1, 0.15) is 34.6 Å². The normalized spacial score (nSPS) is 10.3. The maximum atomic E-state index is 12.2. The summed E-state index contributed by atoms with van der Waals surface area (Å²) >= 11 is 0. The first kappa shape index (κ1) is 21.6. The summed E-state index contributed by atoms with van der Waals surface area (Å²) in [6, 6.07) is 13.7. The smallest absolute Gasteiger partial charge is 0.340 e. The van der Waals surface area contributed by atoms with E-state index in [0.717, 1.165) is 0 Å². The van der Waals surface area contributed by atoms with Crippen LogP contribution in [-0.4, -0.2) is 35.1 Å². The van der Waals surface area contributed by atoms with E-state index < -0.39 is 11.9 Å². The Kier molecular flexibility index (Phi) is 7.00. The zero-order valence-corrected chi connectivity index (χ0v) is 17.2. The zero-order chi connectivity index (χ0) is 22.2. The van der Waals surface area contributed by atoms with Crippen molar-refractivity contribution < 1.29 is 19.1 Å². The molecule has 0 atom stereocenters. The Morgan fingerprint density at radius 2 is 1.58 bits per heavy atom. The molecule has 0 saturated heterocycles. The lowest BCUT2D eigenvalue weighted by atomic mass is 10.1. The van der Waals surface area contributed by atoms with Gasteiger partial charge in [0.05, 0.1) is 30.0 Å². The summed E-state index contributed by atoms with van der Waals surface area (Å²) in [6.07, 6.45) is 1.34. The second-order valence-electron chi connectivity index (χ2n) is 6.30. The van der Waals surface area contributed by atoms with Gasteiger partial charge in [-0.2, -0.15) is 0 Å². The summed E-state index contributed by atoms with van der Waals surface area (Å²) in [5.74, 6) is -0.213. The molecule has 9 heteroatoms. The molecule has 4 N–H and O–H groups in total. The number of aromatic nitrogens is 2. The van der Waals surface area contributed by atoms with Gasteiger partial charge in [0.25, 0.3) is 0 Å². The fraction of sp³-hybridized carbons (Fsp3) is 0.182. The number of anilines is 5. The predicted octanol–water partition coefficient (Wildman–Crippen LogP) is 3.90. The van der Waals surface area contributed by atoms with Gasteiger partial charge in [-0.1, -0.05) is 18.2 Å². The van der Waals surface area contributed by atoms with Gasteiger partial charge in [0, 0.05) is 5.69 Å². The Morgan fingerprint density at radius 1 is 0.903 bits per heavy atom. The maximum Gasteiger partial charge on any atom is 0.340 e. The molecule has 3 rings (SSSR count). The van der Waals surface area contributed by atoms with Crippen LogP contribution in [0.5, 0.6) is 0 Å². The molecule has 31 heavy (non-hydrogen) atoms. The SMILES string of the molecule is CCOC(=O)c1cccc(Nc2ncnc(Nc3ccccc3C(=O)OCC)c2N)c1. The number of nitrogen functional groups attached to an aromatic ring is 1. The molecule has 0 spiro atoms. The van der Waals surface area contributed by atoms with E-state index in [0.29, 0.717) is 34.1 Å². The van der Waals surface area contributed by atoms with Crippen LogP contribution in [0.2, 0.25) is 0 Å². The lowest BCUT2D eigenvalue weighted by molar-refractivity contribution is 0.0517. The number of ether oxygens (including phenoxy) is 2. The van der Waals surface area contributed by atoms with Crippen molar-refractivity contribution in [3.05, 3.63) is 66.0 Å². The van der Waals surface area contributed by atoms with Crippen LogP contribution in [-0.2, 0) is 9.47 Å². The number of hydrogen-bond acceptors (Lipinski definition) is 9. The van der Waals surface area contributed by atoms with Crippen LogP contribution in [0.15, 0.2) is 54.9 Å². The summed E-state index contributed by atoms with van der Waals surface area (Å²) in [5.41, 5.74) is 8.36. The molecule has 0 unspecified atom stereocenters. The first-order chi connectivity index (χ1) is 15.0. The number of para-hydroxylation sites is 1. The quantitative estimate of drug-likeness (QED) is 0.464. The third-order valence-electron chi connectivity index (χ3n) is 4.20. The number of carbonyl (C=O) groups excluding carboxylic acids is 2. The van der Waals surface area contributed by atoms with Crippen molar-refractivity contribution in [2.24, 2.45) is 0 Å². The van der Waals surface area contributed by atoms with Gasteiger partial charge < -0.3 is 25.8 Å². The van der Waals surface area contributed by atoms with Crippen molar-refractivity contribution >= 4 is 40.6 Å². The van der Waals surface area contributed by atoms with Crippen molar-refractivity contribution in [3.8, 4) is 0 Å². The van der Waals surface area contributed by atoms with Gasteiger partial charge in [-0.25, -0.2) is 19.6 Å². The van der Waals surface area contributed by atoms with Crippen LogP contribution < -0.4 is 16.4 Å². The molecule has 160 valence electrons. The number of benzene rings is 2. The molecule has 1 aromatic heterocycles. The number of nitrogens with one attached hydrogen (secondary N) is 2. The predicted molar refractivity (Wildman–Crippen MR) is 118 cm³/mol. The Morgan fingerprint density at radius 3 is 2.32 bits per heavy atom. The number of nitrogens with two attached hydrogens (primary N) is 1. The van der Waals surface area contributed by atoms with Gasteiger partial charge in [-0.05, 0) is 44.2 Å². The standard InChI is InChI=1S/C22H23N5O4/c1-3-30-21(28)14-8-7-9-15(12-14)26-19-18(23)20(25-13-24-19)27-17-11-6-5-10-16(17)22(29)31-4-2/h5-13H,3-4,23H2,1-2H3,(H2,24,25,26,27). The van der Waals surface area contributed by atoms with Crippen molar-refractivity contribution in [1.82, 2.24) is 9.97 Å². The maximum absolute atomic E-state index is 12.2. The Labute approximate surface area is 179 Å². The Hall–Kier alpha value is -4.14. The largest absolute Gasteiger partial charge is 0.462 e. The van der Waals surface area contributed by atoms with Crippen molar-refractivity contribution in [2.75, 3.05) is 29.6 Å². The summed E-state index contributed by atoms with van der Waals surface area (Å²) < 4.78 is 10.1. The van der Waals surface area contributed by atoms with Crippen LogP contribution >= 0.6 is 0 Å². The molecule has 0 aliphatic rings. The van der Waals surface area contributed by atoms with Crippen molar-refractivity contribution in [3.63, 3.8) is 0 Å². The number of esters is 2. The van der Waals surface area contributed by atoms with E-state index >= 15 is 0 Å². The van der Waals surface area contributed by atoms with Gasteiger partial charge in [0.1, 0.15) is 12.0 Å². The molecule has 0 aliphatic heterocycles. The molecule has 0 radical (unpaired) electrons. The number of hydrogen-bond donors (Lipinski definition) is 3. The summed E-state index contributed by atoms with van der Waals surface area (Å²) in [7, 11) is 0. The van der Waals surface area contributed by atoms with Crippen molar-refractivity contribution in [1.29, 1.82) is 0 Å². The highest BCUT2D eigenvalue weighted by atomic mass is 16.5. The fourth-order valence-corrected chi connectivity index (χ4v) is 2.78.